The number of carboxylic acids is 2. The summed E-state index contributed by atoms with van der Waals surface area (Å²) in [6.07, 6.45) is 1.77. The Morgan fingerprint density at radius 2 is 1.91 bits per heavy atom. The standard InChI is InChI=1S/C16H21NO5/c1-16(15(21)22,17-11-18)13(10-14(19)20)9-5-8-12-6-3-2-4-7-12/h2-4,6-7,11,13H,5,8-10H2,1H3,(H,17,18)(H,19,20)(H,21,22). The minimum atomic E-state index is -1.59. The van der Waals surface area contributed by atoms with Crippen LogP contribution >= 0.6 is 0 Å². The number of rotatable bonds is 10. The Labute approximate surface area is 129 Å². The topological polar surface area (TPSA) is 104 Å². The Bertz CT molecular complexity index is 517. The van der Waals surface area contributed by atoms with E-state index >= 15 is 0 Å². The molecule has 6 heteroatoms. The molecule has 0 fully saturated rings. The van der Waals surface area contributed by atoms with Crippen LogP contribution in [0.2, 0.25) is 0 Å². The second kappa shape index (κ2) is 8.17. The van der Waals surface area contributed by atoms with Crippen molar-refractivity contribution in [2.75, 3.05) is 0 Å². The normalized spacial score (nSPS) is 14.6. The van der Waals surface area contributed by atoms with Crippen molar-refractivity contribution in [2.24, 2.45) is 5.92 Å². The molecule has 0 radical (unpaired) electrons. The van der Waals surface area contributed by atoms with Gasteiger partial charge >= 0.3 is 11.9 Å². The molecule has 0 aromatic heterocycles. The number of carbonyl (C=O) groups is 3. The molecule has 3 N–H and O–H groups in total. The first kappa shape index (κ1) is 17.7. The summed E-state index contributed by atoms with van der Waals surface area (Å²) < 4.78 is 0. The van der Waals surface area contributed by atoms with E-state index in [0.29, 0.717) is 19.3 Å². The summed E-state index contributed by atoms with van der Waals surface area (Å²) in [6.45, 7) is 1.35. The summed E-state index contributed by atoms with van der Waals surface area (Å²) in [4.78, 5) is 33.1. The third-order valence-electron chi connectivity index (χ3n) is 3.90. The highest BCUT2D eigenvalue weighted by Crippen LogP contribution is 2.27. The first-order chi connectivity index (χ1) is 10.4. The van der Waals surface area contributed by atoms with Gasteiger partial charge in [-0.15, -0.1) is 0 Å². The van der Waals surface area contributed by atoms with Gasteiger partial charge in [-0.2, -0.15) is 0 Å². The Morgan fingerprint density at radius 1 is 1.27 bits per heavy atom. The Balaban J connectivity index is 2.76. The number of nitrogens with one attached hydrogen (secondary N) is 1. The van der Waals surface area contributed by atoms with E-state index in [0.717, 1.165) is 12.0 Å². The zero-order valence-corrected chi connectivity index (χ0v) is 12.5. The smallest absolute Gasteiger partial charge is 0.329 e. The number of carboxylic acid groups (broad SMARTS) is 2. The SMILES string of the molecule is CC(NC=O)(C(=O)O)C(CCCc1ccccc1)CC(=O)O. The fourth-order valence-electron chi connectivity index (χ4n) is 2.48. The van der Waals surface area contributed by atoms with Crippen molar-refractivity contribution >= 4 is 18.3 Å². The van der Waals surface area contributed by atoms with Gasteiger partial charge in [-0.05, 0) is 31.7 Å². The van der Waals surface area contributed by atoms with Crippen LogP contribution in [0, 0.1) is 5.92 Å². The van der Waals surface area contributed by atoms with E-state index < -0.39 is 23.4 Å². The zero-order valence-electron chi connectivity index (χ0n) is 12.5. The van der Waals surface area contributed by atoms with Gasteiger partial charge in [0.15, 0.2) is 0 Å². The van der Waals surface area contributed by atoms with E-state index in [2.05, 4.69) is 5.32 Å². The Morgan fingerprint density at radius 3 is 2.41 bits per heavy atom. The van der Waals surface area contributed by atoms with Gasteiger partial charge in [-0.1, -0.05) is 30.3 Å². The Hall–Kier alpha value is -2.37. The highest BCUT2D eigenvalue weighted by Gasteiger charge is 2.41. The molecule has 0 bridgehead atoms. The largest absolute Gasteiger partial charge is 0.481 e. The minimum Gasteiger partial charge on any atom is -0.481 e. The molecule has 0 saturated carbocycles. The van der Waals surface area contributed by atoms with Crippen LogP contribution in [-0.2, 0) is 20.8 Å². The second-order valence-electron chi connectivity index (χ2n) is 5.44. The molecule has 6 nitrogen and oxygen atoms in total. The lowest BCUT2D eigenvalue weighted by molar-refractivity contribution is -0.150. The molecule has 0 aliphatic heterocycles. The van der Waals surface area contributed by atoms with Gasteiger partial charge in [0.1, 0.15) is 5.54 Å². The van der Waals surface area contributed by atoms with Crippen LogP contribution in [-0.4, -0.2) is 34.1 Å². The van der Waals surface area contributed by atoms with Crippen molar-refractivity contribution in [2.45, 2.75) is 38.1 Å². The van der Waals surface area contributed by atoms with Crippen LogP contribution in [0.25, 0.3) is 0 Å². The van der Waals surface area contributed by atoms with Crippen LogP contribution in [0.15, 0.2) is 30.3 Å². The molecule has 0 saturated heterocycles. The van der Waals surface area contributed by atoms with Crippen molar-refractivity contribution < 1.29 is 24.6 Å². The lowest BCUT2D eigenvalue weighted by Crippen LogP contribution is -2.55. The van der Waals surface area contributed by atoms with Gasteiger partial charge in [0, 0.05) is 5.92 Å². The van der Waals surface area contributed by atoms with Gasteiger partial charge in [-0.3, -0.25) is 9.59 Å². The van der Waals surface area contributed by atoms with Crippen LogP contribution < -0.4 is 5.32 Å². The summed E-state index contributed by atoms with van der Waals surface area (Å²) >= 11 is 0. The molecule has 120 valence electrons. The third-order valence-corrected chi connectivity index (χ3v) is 3.90. The molecule has 22 heavy (non-hydrogen) atoms. The lowest BCUT2D eigenvalue weighted by Gasteiger charge is -2.32. The lowest BCUT2D eigenvalue weighted by atomic mass is 9.79. The predicted molar refractivity (Wildman–Crippen MR) is 80.4 cm³/mol. The van der Waals surface area contributed by atoms with Gasteiger partial charge < -0.3 is 15.5 Å². The maximum atomic E-state index is 11.5. The number of hydrogen-bond donors (Lipinski definition) is 3. The molecule has 0 spiro atoms. The van der Waals surface area contributed by atoms with Crippen molar-refractivity contribution in [3.05, 3.63) is 35.9 Å². The number of aliphatic carboxylic acids is 2. The fraction of sp³-hybridized carbons (Fsp3) is 0.438. The van der Waals surface area contributed by atoms with E-state index in [1.54, 1.807) is 0 Å². The average molecular weight is 307 g/mol. The quantitative estimate of drug-likeness (QED) is 0.571. The molecule has 0 heterocycles. The van der Waals surface area contributed by atoms with Crippen LogP contribution in [0.3, 0.4) is 0 Å². The third kappa shape index (κ3) is 4.87. The molecule has 2 atom stereocenters. The number of aryl methyl sites for hydroxylation is 1. The summed E-state index contributed by atoms with van der Waals surface area (Å²) in [5.41, 5.74) is -0.478. The van der Waals surface area contributed by atoms with Crippen LogP contribution in [0.5, 0.6) is 0 Å². The first-order valence-corrected chi connectivity index (χ1v) is 7.10. The van der Waals surface area contributed by atoms with Gasteiger partial charge in [0.25, 0.3) is 0 Å². The predicted octanol–water partition coefficient (Wildman–Crippen LogP) is 1.69. The fourth-order valence-corrected chi connectivity index (χ4v) is 2.48. The molecule has 1 aromatic rings. The summed E-state index contributed by atoms with van der Waals surface area (Å²) in [6, 6.07) is 9.67. The molecule has 1 aromatic carbocycles. The van der Waals surface area contributed by atoms with Crippen LogP contribution in [0.4, 0.5) is 0 Å². The minimum absolute atomic E-state index is 0.306. The highest BCUT2D eigenvalue weighted by atomic mass is 16.4. The number of benzene rings is 1. The molecular formula is C16H21NO5. The molecule has 0 aliphatic carbocycles. The Kier molecular flexibility index (Phi) is 6.56. The monoisotopic (exact) mass is 307 g/mol. The van der Waals surface area contributed by atoms with E-state index in [1.807, 2.05) is 30.3 Å². The maximum Gasteiger partial charge on any atom is 0.329 e. The molecule has 1 rings (SSSR count). The van der Waals surface area contributed by atoms with Crippen molar-refractivity contribution in [3.63, 3.8) is 0 Å². The maximum absolute atomic E-state index is 11.5. The molecule has 2 unspecified atom stereocenters. The van der Waals surface area contributed by atoms with Gasteiger partial charge in [0.05, 0.1) is 6.42 Å². The summed E-state index contributed by atoms with van der Waals surface area (Å²) in [5.74, 6) is -2.99. The zero-order chi connectivity index (χ0) is 16.6. The second-order valence-corrected chi connectivity index (χ2v) is 5.44. The van der Waals surface area contributed by atoms with Gasteiger partial charge in [-0.25, -0.2) is 4.79 Å². The van der Waals surface area contributed by atoms with Crippen molar-refractivity contribution in [3.8, 4) is 0 Å². The summed E-state index contributed by atoms with van der Waals surface area (Å²) in [7, 11) is 0. The molecular weight excluding hydrogens is 286 g/mol. The van der Waals surface area contributed by atoms with E-state index in [4.69, 9.17) is 5.11 Å². The summed E-state index contributed by atoms with van der Waals surface area (Å²) in [5, 5.41) is 20.6. The van der Waals surface area contributed by atoms with E-state index in [1.165, 1.54) is 6.92 Å². The van der Waals surface area contributed by atoms with Crippen molar-refractivity contribution in [1.82, 2.24) is 5.32 Å². The first-order valence-electron chi connectivity index (χ1n) is 7.10. The van der Waals surface area contributed by atoms with E-state index in [-0.39, 0.29) is 6.42 Å². The number of hydrogen-bond acceptors (Lipinski definition) is 3. The van der Waals surface area contributed by atoms with Crippen LogP contribution in [0.1, 0.15) is 31.7 Å². The number of carbonyl (C=O) groups excluding carboxylic acids is 1. The van der Waals surface area contributed by atoms with Crippen molar-refractivity contribution in [1.29, 1.82) is 0 Å². The number of amides is 1. The van der Waals surface area contributed by atoms with E-state index in [9.17, 15) is 19.5 Å². The highest BCUT2D eigenvalue weighted by molar-refractivity contribution is 5.82. The average Bonchev–Trinajstić information content (AvgIpc) is 2.47. The molecule has 0 aliphatic rings. The van der Waals surface area contributed by atoms with Gasteiger partial charge in [0.2, 0.25) is 6.41 Å². The molecule has 1 amide bonds.